The van der Waals surface area contributed by atoms with E-state index in [0.717, 1.165) is 33.4 Å². The van der Waals surface area contributed by atoms with Gasteiger partial charge < -0.3 is 0 Å². The SMILES string of the molecule is CC1=C(c2ccccc2)C(=O)C(c2ccccc2)=C1C. The molecule has 0 atom stereocenters. The van der Waals surface area contributed by atoms with Crippen molar-refractivity contribution < 1.29 is 4.79 Å². The van der Waals surface area contributed by atoms with Crippen LogP contribution in [0.4, 0.5) is 0 Å². The molecule has 0 unspecified atom stereocenters. The van der Waals surface area contributed by atoms with Crippen molar-refractivity contribution in [2.45, 2.75) is 13.8 Å². The molecule has 0 heterocycles. The minimum absolute atomic E-state index is 0.136. The maximum atomic E-state index is 12.8. The summed E-state index contributed by atoms with van der Waals surface area (Å²) in [6.07, 6.45) is 0. The Balaban J connectivity index is 2.11. The van der Waals surface area contributed by atoms with Crippen molar-refractivity contribution in [2.75, 3.05) is 0 Å². The molecule has 0 amide bonds. The third-order valence-electron chi connectivity index (χ3n) is 3.89. The van der Waals surface area contributed by atoms with Crippen LogP contribution in [-0.2, 0) is 4.79 Å². The van der Waals surface area contributed by atoms with Gasteiger partial charge >= 0.3 is 0 Å². The molecular formula is C19H16O. The largest absolute Gasteiger partial charge is 0.289 e. The van der Waals surface area contributed by atoms with E-state index in [-0.39, 0.29) is 5.78 Å². The van der Waals surface area contributed by atoms with Gasteiger partial charge in [0.25, 0.3) is 0 Å². The van der Waals surface area contributed by atoms with Gasteiger partial charge in [0.2, 0.25) is 0 Å². The number of Topliss-reactive ketones (excluding diaryl/α,β-unsaturated/α-hetero) is 1. The summed E-state index contributed by atoms with van der Waals surface area (Å²) in [5.41, 5.74) is 5.84. The molecule has 2 aromatic rings. The van der Waals surface area contributed by atoms with Gasteiger partial charge in [0.1, 0.15) is 0 Å². The Labute approximate surface area is 119 Å². The van der Waals surface area contributed by atoms with Gasteiger partial charge in [0.05, 0.1) is 0 Å². The first-order chi connectivity index (χ1) is 9.70. The number of benzene rings is 2. The Kier molecular flexibility index (Phi) is 3.11. The van der Waals surface area contributed by atoms with E-state index in [1.54, 1.807) is 0 Å². The summed E-state index contributed by atoms with van der Waals surface area (Å²) < 4.78 is 0. The van der Waals surface area contributed by atoms with E-state index >= 15 is 0 Å². The molecule has 2 aromatic carbocycles. The number of rotatable bonds is 2. The quantitative estimate of drug-likeness (QED) is 0.776. The van der Waals surface area contributed by atoms with Crippen molar-refractivity contribution in [3.63, 3.8) is 0 Å². The molecule has 0 radical (unpaired) electrons. The monoisotopic (exact) mass is 260 g/mol. The second kappa shape index (κ2) is 4.93. The molecular weight excluding hydrogens is 244 g/mol. The van der Waals surface area contributed by atoms with E-state index in [0.29, 0.717) is 0 Å². The molecule has 0 aliphatic heterocycles. The van der Waals surface area contributed by atoms with Crippen LogP contribution in [0, 0.1) is 0 Å². The van der Waals surface area contributed by atoms with E-state index in [1.165, 1.54) is 0 Å². The molecule has 20 heavy (non-hydrogen) atoms. The fourth-order valence-corrected chi connectivity index (χ4v) is 2.75. The van der Waals surface area contributed by atoms with Crippen molar-refractivity contribution in [2.24, 2.45) is 0 Å². The molecule has 3 rings (SSSR count). The average Bonchev–Trinajstić information content (AvgIpc) is 2.71. The van der Waals surface area contributed by atoms with Gasteiger partial charge in [-0.2, -0.15) is 0 Å². The zero-order valence-electron chi connectivity index (χ0n) is 11.7. The van der Waals surface area contributed by atoms with Gasteiger partial charge in [-0.25, -0.2) is 0 Å². The third kappa shape index (κ3) is 1.92. The van der Waals surface area contributed by atoms with Crippen LogP contribution in [0.2, 0.25) is 0 Å². The fraction of sp³-hybridized carbons (Fsp3) is 0.105. The molecule has 0 aromatic heterocycles. The summed E-state index contributed by atoms with van der Waals surface area (Å²) >= 11 is 0. The van der Waals surface area contributed by atoms with E-state index in [9.17, 15) is 4.79 Å². The molecule has 0 spiro atoms. The van der Waals surface area contributed by atoms with Crippen molar-refractivity contribution in [1.29, 1.82) is 0 Å². The van der Waals surface area contributed by atoms with Gasteiger partial charge in [-0.05, 0) is 36.1 Å². The van der Waals surface area contributed by atoms with Crippen LogP contribution in [0.1, 0.15) is 25.0 Å². The molecule has 0 saturated heterocycles. The number of ketones is 1. The summed E-state index contributed by atoms with van der Waals surface area (Å²) in [4.78, 5) is 12.8. The number of hydrogen-bond donors (Lipinski definition) is 0. The van der Waals surface area contributed by atoms with Crippen LogP contribution in [0.3, 0.4) is 0 Å². The fourth-order valence-electron chi connectivity index (χ4n) is 2.75. The highest BCUT2D eigenvalue weighted by Crippen LogP contribution is 2.39. The van der Waals surface area contributed by atoms with Gasteiger partial charge in [0, 0.05) is 11.1 Å². The molecule has 0 bridgehead atoms. The number of carbonyl (C=O) groups is 1. The predicted molar refractivity (Wildman–Crippen MR) is 83.1 cm³/mol. The average molecular weight is 260 g/mol. The third-order valence-corrected chi connectivity index (χ3v) is 3.89. The second-order valence-electron chi connectivity index (χ2n) is 5.06. The smallest absolute Gasteiger partial charge is 0.194 e. The second-order valence-corrected chi connectivity index (χ2v) is 5.06. The van der Waals surface area contributed by atoms with Crippen LogP contribution in [-0.4, -0.2) is 5.78 Å². The van der Waals surface area contributed by atoms with E-state index in [4.69, 9.17) is 0 Å². The highest BCUT2D eigenvalue weighted by molar-refractivity contribution is 6.46. The van der Waals surface area contributed by atoms with Crippen molar-refractivity contribution in [1.82, 2.24) is 0 Å². The summed E-state index contributed by atoms with van der Waals surface area (Å²) in [7, 11) is 0. The first-order valence-electron chi connectivity index (χ1n) is 6.78. The molecule has 1 nitrogen and oxygen atoms in total. The molecule has 0 N–H and O–H groups in total. The highest BCUT2D eigenvalue weighted by Gasteiger charge is 2.29. The Bertz CT molecular complexity index is 655. The number of hydrogen-bond acceptors (Lipinski definition) is 1. The normalized spacial score (nSPS) is 15.2. The van der Waals surface area contributed by atoms with Gasteiger partial charge in [-0.1, -0.05) is 60.7 Å². The Morgan fingerprint density at radius 3 is 1.30 bits per heavy atom. The minimum atomic E-state index is 0.136. The van der Waals surface area contributed by atoms with E-state index in [1.807, 2.05) is 74.5 Å². The summed E-state index contributed by atoms with van der Waals surface area (Å²) in [5, 5.41) is 0. The van der Waals surface area contributed by atoms with Gasteiger partial charge in [0.15, 0.2) is 5.78 Å². The van der Waals surface area contributed by atoms with Crippen molar-refractivity contribution in [3.8, 4) is 0 Å². The maximum Gasteiger partial charge on any atom is 0.194 e. The Morgan fingerprint density at radius 2 is 0.950 bits per heavy atom. The zero-order chi connectivity index (χ0) is 14.1. The molecule has 1 aliphatic carbocycles. The van der Waals surface area contributed by atoms with Crippen LogP contribution in [0.15, 0.2) is 71.8 Å². The van der Waals surface area contributed by atoms with Crippen LogP contribution >= 0.6 is 0 Å². The zero-order valence-corrected chi connectivity index (χ0v) is 11.7. The summed E-state index contributed by atoms with van der Waals surface area (Å²) in [6, 6.07) is 19.8. The van der Waals surface area contributed by atoms with Gasteiger partial charge in [-0.15, -0.1) is 0 Å². The first kappa shape index (κ1) is 12.6. The lowest BCUT2D eigenvalue weighted by atomic mass is 9.96. The van der Waals surface area contributed by atoms with Crippen molar-refractivity contribution >= 4 is 16.9 Å². The first-order valence-corrected chi connectivity index (χ1v) is 6.78. The Morgan fingerprint density at radius 1 is 0.600 bits per heavy atom. The molecule has 1 aliphatic rings. The lowest BCUT2D eigenvalue weighted by Crippen LogP contribution is -2.01. The lowest BCUT2D eigenvalue weighted by Gasteiger charge is -2.05. The standard InChI is InChI=1S/C19H16O/c1-13-14(2)18(16-11-7-4-8-12-16)19(20)17(13)15-9-5-3-6-10-15/h3-12H,1-2H3. The van der Waals surface area contributed by atoms with Crippen molar-refractivity contribution in [3.05, 3.63) is 82.9 Å². The molecule has 1 heteroatoms. The van der Waals surface area contributed by atoms with Crippen LogP contribution < -0.4 is 0 Å². The molecule has 98 valence electrons. The summed E-state index contributed by atoms with van der Waals surface area (Å²) in [5.74, 6) is 0.136. The van der Waals surface area contributed by atoms with E-state index < -0.39 is 0 Å². The summed E-state index contributed by atoms with van der Waals surface area (Å²) in [6.45, 7) is 4.07. The number of carbonyl (C=O) groups excluding carboxylic acids is 1. The number of allylic oxidation sites excluding steroid dienone is 4. The van der Waals surface area contributed by atoms with Crippen LogP contribution in [0.25, 0.3) is 11.1 Å². The maximum absolute atomic E-state index is 12.8. The van der Waals surface area contributed by atoms with Crippen LogP contribution in [0.5, 0.6) is 0 Å². The minimum Gasteiger partial charge on any atom is -0.289 e. The topological polar surface area (TPSA) is 17.1 Å². The molecule has 0 fully saturated rings. The van der Waals surface area contributed by atoms with E-state index in [2.05, 4.69) is 0 Å². The highest BCUT2D eigenvalue weighted by atomic mass is 16.1. The van der Waals surface area contributed by atoms with Gasteiger partial charge in [-0.3, -0.25) is 4.79 Å². The predicted octanol–water partition coefficient (Wildman–Crippen LogP) is 4.52. The lowest BCUT2D eigenvalue weighted by molar-refractivity contribution is -0.108. The Hall–Kier alpha value is -2.41. The molecule has 0 saturated carbocycles.